The fourth-order valence-electron chi connectivity index (χ4n) is 4.24. The van der Waals surface area contributed by atoms with Gasteiger partial charge in [-0.3, -0.25) is 4.79 Å². The Kier molecular flexibility index (Phi) is 4.87. The molecule has 3 aromatic rings. The van der Waals surface area contributed by atoms with E-state index in [1.807, 2.05) is 78.9 Å². The summed E-state index contributed by atoms with van der Waals surface area (Å²) in [6.45, 7) is 0.414. The van der Waals surface area contributed by atoms with Crippen LogP contribution < -0.4 is 10.2 Å². The van der Waals surface area contributed by atoms with Crippen LogP contribution in [0.5, 0.6) is 0 Å². The van der Waals surface area contributed by atoms with Gasteiger partial charge in [-0.05, 0) is 42.0 Å². The van der Waals surface area contributed by atoms with Gasteiger partial charge in [0, 0.05) is 21.8 Å². The summed E-state index contributed by atoms with van der Waals surface area (Å²) in [4.78, 5) is 27.9. The van der Waals surface area contributed by atoms with Gasteiger partial charge >= 0.3 is 5.97 Å². The van der Waals surface area contributed by atoms with Crippen LogP contribution in [0.2, 0.25) is 0 Å². The summed E-state index contributed by atoms with van der Waals surface area (Å²) in [6, 6.07) is 25.1. The number of nitrogens with zero attached hydrogens (tertiary/aromatic N) is 1. The van der Waals surface area contributed by atoms with Crippen molar-refractivity contribution in [3.63, 3.8) is 0 Å². The third kappa shape index (κ3) is 3.33. The summed E-state index contributed by atoms with van der Waals surface area (Å²) in [7, 11) is 0. The SMILES string of the molecule is O=C1C=C[C@@H]([C@@]2(Nc3ccccc3)C(=O)N(Cc3ccccc3)c3ccc(Br)cc32)O1. The lowest BCUT2D eigenvalue weighted by Gasteiger charge is -2.34. The van der Waals surface area contributed by atoms with Crippen LogP contribution in [-0.2, 0) is 26.4 Å². The van der Waals surface area contributed by atoms with Gasteiger partial charge in [0.05, 0.1) is 12.2 Å². The molecule has 0 aromatic heterocycles. The van der Waals surface area contributed by atoms with Crippen LogP contribution in [0.25, 0.3) is 0 Å². The molecule has 154 valence electrons. The number of para-hydroxylation sites is 1. The van der Waals surface area contributed by atoms with Crippen LogP contribution in [-0.4, -0.2) is 18.0 Å². The van der Waals surface area contributed by atoms with Gasteiger partial charge in [-0.25, -0.2) is 4.79 Å². The Morgan fingerprint density at radius 3 is 2.35 bits per heavy atom. The zero-order valence-electron chi connectivity index (χ0n) is 16.5. The molecule has 6 heteroatoms. The van der Waals surface area contributed by atoms with Crippen LogP contribution >= 0.6 is 15.9 Å². The predicted molar refractivity (Wildman–Crippen MR) is 123 cm³/mol. The van der Waals surface area contributed by atoms with Crippen molar-refractivity contribution < 1.29 is 14.3 Å². The number of carbonyl (C=O) groups is 2. The van der Waals surface area contributed by atoms with Gasteiger partial charge in [-0.1, -0.05) is 64.5 Å². The molecule has 0 unspecified atom stereocenters. The van der Waals surface area contributed by atoms with E-state index in [2.05, 4.69) is 21.2 Å². The van der Waals surface area contributed by atoms with Crippen LogP contribution in [0.15, 0.2) is 95.5 Å². The van der Waals surface area contributed by atoms with E-state index >= 15 is 0 Å². The van der Waals surface area contributed by atoms with Crippen molar-refractivity contribution in [2.75, 3.05) is 10.2 Å². The number of fused-ring (bicyclic) bond motifs is 1. The van der Waals surface area contributed by atoms with E-state index in [1.165, 1.54) is 6.08 Å². The summed E-state index contributed by atoms with van der Waals surface area (Å²) in [6.07, 6.45) is 2.26. The van der Waals surface area contributed by atoms with Crippen molar-refractivity contribution in [2.24, 2.45) is 0 Å². The number of hydrogen-bond acceptors (Lipinski definition) is 4. The highest BCUT2D eigenvalue weighted by Crippen LogP contribution is 2.48. The Bertz CT molecular complexity index is 1180. The van der Waals surface area contributed by atoms with E-state index in [1.54, 1.807) is 11.0 Å². The number of ether oxygens (including phenoxy) is 1. The summed E-state index contributed by atoms with van der Waals surface area (Å²) >= 11 is 3.55. The number of nitrogens with one attached hydrogen (secondary N) is 1. The standard InChI is InChI=1S/C25H19BrN2O3/c26-18-11-12-21-20(15-18)25(22-13-14-23(29)31-22,27-19-9-5-2-6-10-19)24(30)28(21)16-17-7-3-1-4-8-17/h1-15,22,27H,16H2/t22-,25+/m0/s1. The average Bonchev–Trinajstić information content (AvgIpc) is 3.31. The van der Waals surface area contributed by atoms with Crippen molar-refractivity contribution in [1.29, 1.82) is 0 Å². The minimum Gasteiger partial charge on any atom is -0.451 e. The average molecular weight is 475 g/mol. The molecule has 0 saturated heterocycles. The third-order valence-electron chi connectivity index (χ3n) is 5.63. The maximum atomic E-state index is 14.1. The summed E-state index contributed by atoms with van der Waals surface area (Å²) in [5.74, 6) is -0.622. The Balaban J connectivity index is 1.67. The Hall–Kier alpha value is -3.38. The number of carbonyl (C=O) groups excluding carboxylic acids is 2. The predicted octanol–water partition coefficient (Wildman–Crippen LogP) is 4.78. The summed E-state index contributed by atoms with van der Waals surface area (Å²) in [5, 5.41) is 3.43. The van der Waals surface area contributed by atoms with Gasteiger partial charge in [-0.15, -0.1) is 0 Å². The van der Waals surface area contributed by atoms with Gasteiger partial charge in [0.25, 0.3) is 5.91 Å². The van der Waals surface area contributed by atoms with E-state index in [4.69, 9.17) is 4.74 Å². The molecule has 31 heavy (non-hydrogen) atoms. The normalized spacial score (nSPS) is 21.8. The summed E-state index contributed by atoms with van der Waals surface area (Å²) in [5.41, 5.74) is 2.05. The van der Waals surface area contributed by atoms with Crippen molar-refractivity contribution in [3.05, 3.63) is 107 Å². The van der Waals surface area contributed by atoms with Crippen LogP contribution in [0, 0.1) is 0 Å². The number of cyclic esters (lactones) is 1. The molecule has 0 bridgehead atoms. The molecule has 2 aliphatic heterocycles. The second kappa shape index (κ2) is 7.71. The zero-order valence-corrected chi connectivity index (χ0v) is 18.1. The lowest BCUT2D eigenvalue weighted by molar-refractivity contribution is -0.143. The number of hydrogen-bond donors (Lipinski definition) is 1. The fraction of sp³-hybridized carbons (Fsp3) is 0.120. The van der Waals surface area contributed by atoms with E-state index < -0.39 is 17.6 Å². The molecule has 2 atom stereocenters. The number of amides is 1. The molecular weight excluding hydrogens is 456 g/mol. The maximum Gasteiger partial charge on any atom is 0.331 e. The maximum absolute atomic E-state index is 14.1. The molecule has 0 radical (unpaired) electrons. The van der Waals surface area contributed by atoms with E-state index in [-0.39, 0.29) is 5.91 Å². The molecule has 0 aliphatic carbocycles. The first kappa shape index (κ1) is 19.6. The zero-order chi connectivity index (χ0) is 21.4. The fourth-order valence-corrected chi connectivity index (χ4v) is 4.60. The van der Waals surface area contributed by atoms with Gasteiger partial charge in [0.2, 0.25) is 0 Å². The molecule has 0 fully saturated rings. The summed E-state index contributed by atoms with van der Waals surface area (Å²) < 4.78 is 6.45. The largest absolute Gasteiger partial charge is 0.451 e. The molecule has 1 N–H and O–H groups in total. The number of halogens is 1. The van der Waals surface area contributed by atoms with Crippen LogP contribution in [0.1, 0.15) is 11.1 Å². The van der Waals surface area contributed by atoms with Gasteiger partial charge in [0.15, 0.2) is 11.6 Å². The minimum atomic E-state index is -1.28. The van der Waals surface area contributed by atoms with E-state index in [9.17, 15) is 9.59 Å². The second-order valence-corrected chi connectivity index (χ2v) is 8.47. The van der Waals surface area contributed by atoms with Gasteiger partial charge in [0.1, 0.15) is 0 Å². The van der Waals surface area contributed by atoms with E-state index in [0.717, 1.165) is 27.0 Å². The van der Waals surface area contributed by atoms with Gasteiger partial charge in [-0.2, -0.15) is 0 Å². The number of anilines is 2. The minimum absolute atomic E-state index is 0.169. The Morgan fingerprint density at radius 1 is 0.968 bits per heavy atom. The quantitative estimate of drug-likeness (QED) is 0.540. The van der Waals surface area contributed by atoms with Crippen molar-refractivity contribution in [1.82, 2.24) is 0 Å². The molecule has 5 nitrogen and oxygen atoms in total. The third-order valence-corrected chi connectivity index (χ3v) is 6.13. The molecule has 3 aromatic carbocycles. The molecule has 5 rings (SSSR count). The highest BCUT2D eigenvalue weighted by Gasteiger charge is 2.58. The lowest BCUT2D eigenvalue weighted by atomic mass is 9.85. The number of esters is 1. The topological polar surface area (TPSA) is 58.6 Å². The molecule has 0 saturated carbocycles. The van der Waals surface area contributed by atoms with Crippen LogP contribution in [0.4, 0.5) is 11.4 Å². The van der Waals surface area contributed by atoms with Gasteiger partial charge < -0.3 is 15.0 Å². The monoisotopic (exact) mass is 474 g/mol. The first-order valence-electron chi connectivity index (χ1n) is 9.96. The highest BCUT2D eigenvalue weighted by molar-refractivity contribution is 9.10. The highest BCUT2D eigenvalue weighted by atomic mass is 79.9. The molecule has 0 spiro atoms. The van der Waals surface area contributed by atoms with Crippen molar-refractivity contribution in [2.45, 2.75) is 18.2 Å². The molecule has 2 heterocycles. The first-order chi connectivity index (χ1) is 15.1. The molecule has 1 amide bonds. The Morgan fingerprint density at radius 2 is 1.68 bits per heavy atom. The van der Waals surface area contributed by atoms with Crippen molar-refractivity contribution in [3.8, 4) is 0 Å². The second-order valence-electron chi connectivity index (χ2n) is 7.55. The van der Waals surface area contributed by atoms with E-state index in [0.29, 0.717) is 6.54 Å². The first-order valence-corrected chi connectivity index (χ1v) is 10.8. The molecular formula is C25H19BrN2O3. The number of benzene rings is 3. The van der Waals surface area contributed by atoms with Crippen molar-refractivity contribution >= 4 is 39.2 Å². The number of rotatable bonds is 5. The Labute approximate surface area is 188 Å². The molecule has 2 aliphatic rings. The van der Waals surface area contributed by atoms with Crippen LogP contribution in [0.3, 0.4) is 0 Å². The smallest absolute Gasteiger partial charge is 0.331 e. The lowest BCUT2D eigenvalue weighted by Crippen LogP contribution is -2.53.